The highest BCUT2D eigenvalue weighted by atomic mass is 32.2. The molecule has 1 aromatic rings. The highest BCUT2D eigenvalue weighted by molar-refractivity contribution is 7.98. The summed E-state index contributed by atoms with van der Waals surface area (Å²) >= 11 is 1.49. The first kappa shape index (κ1) is 18.4. The fourth-order valence-electron chi connectivity index (χ4n) is 2.47. The Morgan fingerprint density at radius 3 is 2.71 bits per heavy atom. The van der Waals surface area contributed by atoms with Crippen LogP contribution in [0.3, 0.4) is 0 Å². The van der Waals surface area contributed by atoms with Crippen molar-refractivity contribution in [3.63, 3.8) is 0 Å². The number of rotatable bonds is 5. The average Bonchev–Trinajstić information content (AvgIpc) is 3.00. The predicted octanol–water partition coefficient (Wildman–Crippen LogP) is 3.46. The number of alkyl halides is 3. The number of carbonyl (C=O) groups is 2. The summed E-state index contributed by atoms with van der Waals surface area (Å²) in [5.74, 6) is -2.22. The first-order chi connectivity index (χ1) is 11.3. The molecule has 0 bridgehead atoms. The third kappa shape index (κ3) is 4.53. The number of hydrogen-bond acceptors (Lipinski definition) is 4. The van der Waals surface area contributed by atoms with Crippen LogP contribution in [0.1, 0.15) is 12.8 Å². The van der Waals surface area contributed by atoms with Crippen molar-refractivity contribution in [3.05, 3.63) is 36.5 Å². The van der Waals surface area contributed by atoms with E-state index in [0.29, 0.717) is 31.1 Å². The van der Waals surface area contributed by atoms with E-state index in [9.17, 15) is 22.8 Å². The Labute approximate surface area is 142 Å². The molecule has 2 rings (SSSR count). The lowest BCUT2D eigenvalue weighted by atomic mass is 10.2. The molecule has 1 aromatic carbocycles. The highest BCUT2D eigenvalue weighted by Crippen LogP contribution is 2.26. The molecular weight excluding hydrogens is 341 g/mol. The first-order valence-electron chi connectivity index (χ1n) is 7.32. The lowest BCUT2D eigenvalue weighted by Gasteiger charge is -2.22. The maximum absolute atomic E-state index is 12.4. The zero-order chi connectivity index (χ0) is 17.7. The number of amides is 1. The normalized spacial score (nSPS) is 18.2. The molecule has 1 fully saturated rings. The van der Waals surface area contributed by atoms with Gasteiger partial charge in [0, 0.05) is 23.7 Å². The number of nitrogens with one attached hydrogen (secondary N) is 1. The smallest absolute Gasteiger partial charge is 0.365 e. The summed E-state index contributed by atoms with van der Waals surface area (Å²) in [6.45, 7) is 0.434. The summed E-state index contributed by atoms with van der Waals surface area (Å²) in [5, 5.41) is 2.81. The lowest BCUT2D eigenvalue weighted by molar-refractivity contribution is -0.165. The van der Waals surface area contributed by atoms with E-state index in [0.717, 1.165) is 11.1 Å². The molecular formula is C16H17F3N2O2S. The SMILES string of the molecule is CSc1ccccc1NC(=O)C1CCCN1/C=C/C(=O)C(F)(F)F. The van der Waals surface area contributed by atoms with Gasteiger partial charge in [-0.2, -0.15) is 13.2 Å². The minimum absolute atomic E-state index is 0.293. The van der Waals surface area contributed by atoms with Gasteiger partial charge in [0.15, 0.2) is 0 Å². The van der Waals surface area contributed by atoms with Crippen LogP contribution >= 0.6 is 11.8 Å². The van der Waals surface area contributed by atoms with Gasteiger partial charge in [-0.3, -0.25) is 9.59 Å². The maximum Gasteiger partial charge on any atom is 0.454 e. The number of anilines is 1. The van der Waals surface area contributed by atoms with Crippen molar-refractivity contribution in [1.82, 2.24) is 4.90 Å². The van der Waals surface area contributed by atoms with E-state index >= 15 is 0 Å². The molecule has 1 aliphatic rings. The quantitative estimate of drug-likeness (QED) is 0.647. The van der Waals surface area contributed by atoms with Crippen LogP contribution < -0.4 is 5.32 Å². The summed E-state index contributed by atoms with van der Waals surface area (Å²) in [5.41, 5.74) is 0.664. The van der Waals surface area contributed by atoms with Crippen LogP contribution in [0, 0.1) is 0 Å². The zero-order valence-electron chi connectivity index (χ0n) is 13.0. The number of hydrogen-bond donors (Lipinski definition) is 1. The highest BCUT2D eigenvalue weighted by Gasteiger charge is 2.37. The fourth-order valence-corrected chi connectivity index (χ4v) is 3.02. The van der Waals surface area contributed by atoms with E-state index in [-0.39, 0.29) is 5.91 Å². The molecule has 0 saturated carbocycles. The van der Waals surface area contributed by atoms with Gasteiger partial charge in [0.25, 0.3) is 5.78 Å². The van der Waals surface area contributed by atoms with Crippen molar-refractivity contribution in [2.45, 2.75) is 30.0 Å². The largest absolute Gasteiger partial charge is 0.454 e. The number of ketones is 1. The van der Waals surface area contributed by atoms with Gasteiger partial charge in [0.2, 0.25) is 5.91 Å². The Bertz CT molecular complexity index is 646. The van der Waals surface area contributed by atoms with Gasteiger partial charge >= 0.3 is 6.18 Å². The minimum Gasteiger partial charge on any atom is -0.365 e. The number of halogens is 3. The number of thioether (sulfide) groups is 1. The van der Waals surface area contributed by atoms with Crippen LogP contribution in [0.15, 0.2) is 41.4 Å². The maximum atomic E-state index is 12.4. The fraction of sp³-hybridized carbons (Fsp3) is 0.375. The second kappa shape index (κ2) is 7.74. The molecule has 0 radical (unpaired) electrons. The summed E-state index contributed by atoms with van der Waals surface area (Å²) in [7, 11) is 0. The van der Waals surface area contributed by atoms with Crippen molar-refractivity contribution >= 4 is 29.1 Å². The molecule has 1 atom stereocenters. The van der Waals surface area contributed by atoms with Crippen LogP contribution in [0.5, 0.6) is 0 Å². The Hall–Kier alpha value is -1.96. The molecule has 1 unspecified atom stereocenters. The number of allylic oxidation sites excluding steroid dienone is 1. The van der Waals surface area contributed by atoms with Gasteiger partial charge < -0.3 is 10.2 Å². The summed E-state index contributed by atoms with van der Waals surface area (Å²) < 4.78 is 36.7. The second-order valence-corrected chi connectivity index (χ2v) is 6.11. The third-order valence-corrected chi connectivity index (χ3v) is 4.45. The van der Waals surface area contributed by atoms with E-state index in [1.54, 1.807) is 12.1 Å². The Kier molecular flexibility index (Phi) is 5.93. The molecule has 1 saturated heterocycles. The summed E-state index contributed by atoms with van der Waals surface area (Å²) in [4.78, 5) is 25.7. The van der Waals surface area contributed by atoms with Crippen LogP contribution in [0.25, 0.3) is 0 Å². The molecule has 1 aliphatic heterocycles. The molecule has 4 nitrogen and oxygen atoms in total. The van der Waals surface area contributed by atoms with Crippen LogP contribution in [-0.4, -0.2) is 41.6 Å². The minimum atomic E-state index is -4.90. The number of para-hydroxylation sites is 1. The predicted molar refractivity (Wildman–Crippen MR) is 86.8 cm³/mol. The van der Waals surface area contributed by atoms with Gasteiger partial charge in [0.05, 0.1) is 5.69 Å². The molecule has 0 aromatic heterocycles. The van der Waals surface area contributed by atoms with Crippen molar-refractivity contribution < 1.29 is 22.8 Å². The van der Waals surface area contributed by atoms with Crippen LogP contribution in [0.4, 0.5) is 18.9 Å². The second-order valence-electron chi connectivity index (χ2n) is 5.26. The Balaban J connectivity index is 2.06. The number of nitrogens with zero attached hydrogens (tertiary/aromatic N) is 1. The molecule has 1 amide bonds. The van der Waals surface area contributed by atoms with Crippen molar-refractivity contribution in [3.8, 4) is 0 Å². The van der Waals surface area contributed by atoms with E-state index < -0.39 is 18.0 Å². The third-order valence-electron chi connectivity index (χ3n) is 3.66. The van der Waals surface area contributed by atoms with Crippen molar-refractivity contribution in [2.24, 2.45) is 0 Å². The van der Waals surface area contributed by atoms with E-state index in [4.69, 9.17) is 0 Å². The lowest BCUT2D eigenvalue weighted by Crippen LogP contribution is -2.37. The standard InChI is InChI=1S/C16H17F3N2O2S/c1-24-13-7-3-2-5-11(13)20-15(23)12-6-4-9-21(12)10-8-14(22)16(17,18)19/h2-3,5,7-8,10,12H,4,6,9H2,1H3,(H,20,23)/b10-8+. The van der Waals surface area contributed by atoms with Gasteiger partial charge in [-0.15, -0.1) is 11.8 Å². The molecule has 1 N–H and O–H groups in total. The van der Waals surface area contributed by atoms with Gasteiger partial charge in [-0.1, -0.05) is 12.1 Å². The molecule has 24 heavy (non-hydrogen) atoms. The van der Waals surface area contributed by atoms with E-state index in [1.807, 2.05) is 18.4 Å². The van der Waals surface area contributed by atoms with Crippen LogP contribution in [-0.2, 0) is 9.59 Å². The number of likely N-dealkylation sites (tertiary alicyclic amines) is 1. The molecule has 130 valence electrons. The topological polar surface area (TPSA) is 49.4 Å². The van der Waals surface area contributed by atoms with Crippen molar-refractivity contribution in [1.29, 1.82) is 0 Å². The molecule has 0 spiro atoms. The monoisotopic (exact) mass is 358 g/mol. The molecule has 0 aliphatic carbocycles. The van der Waals surface area contributed by atoms with Crippen LogP contribution in [0.2, 0.25) is 0 Å². The first-order valence-corrected chi connectivity index (χ1v) is 8.54. The zero-order valence-corrected chi connectivity index (χ0v) is 13.8. The summed E-state index contributed by atoms with van der Waals surface area (Å²) in [6, 6.07) is 6.70. The van der Waals surface area contributed by atoms with Crippen molar-refractivity contribution in [2.75, 3.05) is 18.1 Å². The molecule has 1 heterocycles. The average molecular weight is 358 g/mol. The van der Waals surface area contributed by atoms with Gasteiger partial charge in [-0.05, 0) is 31.2 Å². The van der Waals surface area contributed by atoms with E-state index in [1.165, 1.54) is 16.7 Å². The Morgan fingerprint density at radius 1 is 1.33 bits per heavy atom. The van der Waals surface area contributed by atoms with Gasteiger partial charge in [-0.25, -0.2) is 0 Å². The van der Waals surface area contributed by atoms with Gasteiger partial charge in [0.1, 0.15) is 6.04 Å². The van der Waals surface area contributed by atoms with E-state index in [2.05, 4.69) is 5.32 Å². The Morgan fingerprint density at radius 2 is 2.04 bits per heavy atom. The summed E-state index contributed by atoms with van der Waals surface area (Å²) in [6.07, 6.45) is -0.275. The number of benzene rings is 1. The number of carbonyl (C=O) groups excluding carboxylic acids is 2. The molecule has 8 heteroatoms.